The molecule has 1 aromatic heterocycles. The summed E-state index contributed by atoms with van der Waals surface area (Å²) in [5.74, 6) is -3.90. The number of hydrogen-bond donors (Lipinski definition) is 3. The number of fused-ring (bicyclic) bond motifs is 1. The number of hydrogen-bond acceptors (Lipinski definition) is 7. The lowest BCUT2D eigenvalue weighted by Crippen LogP contribution is -2.55. The number of likely N-dealkylation sites (tertiary alicyclic amines) is 1. The average molecular weight is 625 g/mol. The van der Waals surface area contributed by atoms with E-state index in [9.17, 15) is 31.1 Å². The number of alkyl halides is 6. The second-order valence-electron chi connectivity index (χ2n) is 10.7. The van der Waals surface area contributed by atoms with Crippen LogP contribution in [0.3, 0.4) is 0 Å². The van der Waals surface area contributed by atoms with Gasteiger partial charge >= 0.3 is 24.3 Å². The van der Waals surface area contributed by atoms with Crippen molar-refractivity contribution in [2.24, 2.45) is 5.92 Å². The summed E-state index contributed by atoms with van der Waals surface area (Å²) in [5, 5.41) is 25.8. The molecule has 1 amide bonds. The normalized spacial score (nSPS) is 18.8. The number of carbonyl (C=O) groups is 3. The van der Waals surface area contributed by atoms with Crippen LogP contribution in [0.25, 0.3) is 0 Å². The maximum atomic E-state index is 12.7. The smallest absolute Gasteiger partial charge is 0.475 e. The van der Waals surface area contributed by atoms with E-state index >= 15 is 0 Å². The lowest BCUT2D eigenvalue weighted by Gasteiger charge is -2.42. The van der Waals surface area contributed by atoms with Gasteiger partial charge in [-0.15, -0.1) is 10.2 Å². The van der Waals surface area contributed by atoms with E-state index in [4.69, 9.17) is 19.8 Å². The van der Waals surface area contributed by atoms with E-state index in [0.717, 1.165) is 45.0 Å². The molecule has 2 aliphatic rings. The molecule has 0 radical (unpaired) electrons. The number of amides is 1. The van der Waals surface area contributed by atoms with Crippen LogP contribution in [0.15, 0.2) is 24.3 Å². The molecule has 1 atom stereocenters. The zero-order chi connectivity index (χ0) is 32.8. The molecule has 0 aliphatic carbocycles. The van der Waals surface area contributed by atoms with E-state index in [1.54, 1.807) is 0 Å². The number of carboxylic acid groups (broad SMARTS) is 2. The van der Waals surface area contributed by atoms with Crippen molar-refractivity contribution in [3.05, 3.63) is 47.0 Å². The molecule has 2 aliphatic heterocycles. The van der Waals surface area contributed by atoms with E-state index in [1.807, 2.05) is 4.57 Å². The molecule has 240 valence electrons. The number of carboxylic acids is 2. The summed E-state index contributed by atoms with van der Waals surface area (Å²) in [6.07, 6.45) is -9.08. The number of aliphatic carboxylic acids is 2. The third kappa shape index (κ3) is 9.91. The summed E-state index contributed by atoms with van der Waals surface area (Å²) in [7, 11) is 2.17. The molecule has 1 spiro atoms. The van der Waals surface area contributed by atoms with Crippen LogP contribution in [0.4, 0.5) is 26.3 Å². The first-order chi connectivity index (χ1) is 19.8. The molecular formula is C26H34F6N6O5. The molecule has 0 saturated carbocycles. The monoisotopic (exact) mass is 624 g/mol. The zero-order valence-corrected chi connectivity index (χ0v) is 24.0. The van der Waals surface area contributed by atoms with Gasteiger partial charge in [0.05, 0.1) is 12.1 Å². The molecule has 17 heteroatoms. The molecule has 0 bridgehead atoms. The van der Waals surface area contributed by atoms with Gasteiger partial charge < -0.3 is 20.1 Å². The van der Waals surface area contributed by atoms with E-state index in [1.165, 1.54) is 11.1 Å². The third-order valence-electron chi connectivity index (χ3n) is 6.89. The van der Waals surface area contributed by atoms with Crippen molar-refractivity contribution >= 4 is 17.8 Å². The van der Waals surface area contributed by atoms with E-state index < -0.39 is 24.3 Å². The Hall–Kier alpha value is -3.73. The van der Waals surface area contributed by atoms with Gasteiger partial charge in [0.1, 0.15) is 5.82 Å². The number of nitrogens with one attached hydrogen (secondary N) is 1. The summed E-state index contributed by atoms with van der Waals surface area (Å²) in [4.78, 5) is 35.4. The van der Waals surface area contributed by atoms with E-state index in [0.29, 0.717) is 18.3 Å². The fraction of sp³-hybridized carbons (Fsp3) is 0.577. The lowest BCUT2D eigenvalue weighted by molar-refractivity contribution is -0.193. The van der Waals surface area contributed by atoms with Crippen molar-refractivity contribution in [1.82, 2.24) is 29.9 Å². The van der Waals surface area contributed by atoms with Gasteiger partial charge in [0, 0.05) is 32.7 Å². The number of carbonyl (C=O) groups excluding carboxylic acids is 1. The predicted molar refractivity (Wildman–Crippen MR) is 140 cm³/mol. The predicted octanol–water partition coefficient (Wildman–Crippen LogP) is 3.33. The first kappa shape index (κ1) is 35.5. The average Bonchev–Trinajstić information content (AvgIpc) is 3.48. The minimum absolute atomic E-state index is 0.0190. The Morgan fingerprint density at radius 1 is 1.00 bits per heavy atom. The number of rotatable bonds is 5. The molecule has 1 fully saturated rings. The molecule has 1 unspecified atom stereocenters. The van der Waals surface area contributed by atoms with Crippen molar-refractivity contribution in [3.63, 3.8) is 0 Å². The first-order valence-electron chi connectivity index (χ1n) is 13.1. The van der Waals surface area contributed by atoms with Crippen LogP contribution in [-0.4, -0.2) is 97.2 Å². The minimum atomic E-state index is -5.08. The highest BCUT2D eigenvalue weighted by Gasteiger charge is 2.46. The number of benzene rings is 1. The molecule has 11 nitrogen and oxygen atoms in total. The SMILES string of the molecule is Cc1ccccc1CN1CCC2(C1)Cn1c(nnc1C(=O)NCC(C)C)CN2C.O=C(O)C(F)(F)F.O=C(O)C(F)(F)F. The Labute approximate surface area is 243 Å². The molecule has 1 aromatic carbocycles. The highest BCUT2D eigenvalue weighted by Crippen LogP contribution is 2.35. The molecule has 43 heavy (non-hydrogen) atoms. The topological polar surface area (TPSA) is 141 Å². The van der Waals surface area contributed by atoms with Crippen molar-refractivity contribution in [2.45, 2.75) is 64.7 Å². The number of nitrogens with zero attached hydrogens (tertiary/aromatic N) is 5. The van der Waals surface area contributed by atoms with Gasteiger partial charge in [0.25, 0.3) is 5.91 Å². The minimum Gasteiger partial charge on any atom is -0.475 e. The van der Waals surface area contributed by atoms with E-state index in [2.05, 4.69) is 77.4 Å². The van der Waals surface area contributed by atoms with Crippen molar-refractivity contribution in [1.29, 1.82) is 0 Å². The Balaban J connectivity index is 0.000000384. The zero-order valence-electron chi connectivity index (χ0n) is 24.0. The standard InChI is InChI=1S/C22H32N6O.2C2HF3O2/c1-16(2)11-23-21(29)20-25-24-19-13-26(4)22(15-28(19)20)9-10-27(14-22)12-18-8-6-5-7-17(18)3;2*3-2(4,5)1(6)7/h5-8,16H,9-15H2,1-4H3,(H,23,29);2*(H,6,7). The van der Waals surface area contributed by atoms with Gasteiger partial charge in [-0.1, -0.05) is 38.1 Å². The number of aromatic nitrogens is 3. The van der Waals surface area contributed by atoms with Crippen LogP contribution in [0.5, 0.6) is 0 Å². The summed E-state index contributed by atoms with van der Waals surface area (Å²) < 4.78 is 65.5. The molecule has 1 saturated heterocycles. The number of aryl methyl sites for hydroxylation is 1. The van der Waals surface area contributed by atoms with Gasteiger partial charge in [0.2, 0.25) is 5.82 Å². The quantitative estimate of drug-likeness (QED) is 0.428. The fourth-order valence-electron chi connectivity index (χ4n) is 4.50. The Bertz CT molecular complexity index is 1260. The van der Waals surface area contributed by atoms with Crippen molar-refractivity contribution in [2.75, 3.05) is 26.7 Å². The van der Waals surface area contributed by atoms with Crippen LogP contribution in [-0.2, 0) is 29.2 Å². The fourth-order valence-corrected chi connectivity index (χ4v) is 4.50. The van der Waals surface area contributed by atoms with E-state index in [-0.39, 0.29) is 11.4 Å². The summed E-state index contributed by atoms with van der Waals surface area (Å²) in [5.41, 5.74) is 2.75. The second-order valence-corrected chi connectivity index (χ2v) is 10.7. The third-order valence-corrected chi connectivity index (χ3v) is 6.89. The molecule has 4 rings (SSSR count). The summed E-state index contributed by atoms with van der Waals surface area (Å²) in [6, 6.07) is 8.62. The van der Waals surface area contributed by atoms with Gasteiger partial charge in [0.15, 0.2) is 0 Å². The largest absolute Gasteiger partial charge is 0.490 e. The Morgan fingerprint density at radius 2 is 1.56 bits per heavy atom. The van der Waals surface area contributed by atoms with Gasteiger partial charge in [-0.25, -0.2) is 9.59 Å². The second kappa shape index (κ2) is 14.2. The van der Waals surface area contributed by atoms with Crippen molar-refractivity contribution in [3.8, 4) is 0 Å². The number of halogens is 6. The van der Waals surface area contributed by atoms with Gasteiger partial charge in [-0.3, -0.25) is 14.6 Å². The summed E-state index contributed by atoms with van der Waals surface area (Å²) >= 11 is 0. The maximum Gasteiger partial charge on any atom is 0.490 e. The van der Waals surface area contributed by atoms with Crippen LogP contribution in [0.2, 0.25) is 0 Å². The maximum absolute atomic E-state index is 12.7. The van der Waals surface area contributed by atoms with Gasteiger partial charge in [-0.2, -0.15) is 26.3 Å². The molecule has 3 N–H and O–H groups in total. The highest BCUT2D eigenvalue weighted by atomic mass is 19.4. The van der Waals surface area contributed by atoms with Crippen LogP contribution in [0.1, 0.15) is 47.8 Å². The van der Waals surface area contributed by atoms with Crippen LogP contribution < -0.4 is 5.32 Å². The molecule has 2 aromatic rings. The number of likely N-dealkylation sites (N-methyl/N-ethyl adjacent to an activating group) is 1. The lowest BCUT2D eigenvalue weighted by atomic mass is 9.94. The molecule has 3 heterocycles. The van der Waals surface area contributed by atoms with Crippen LogP contribution >= 0.6 is 0 Å². The van der Waals surface area contributed by atoms with Crippen molar-refractivity contribution < 1.29 is 50.9 Å². The van der Waals surface area contributed by atoms with Crippen LogP contribution in [0, 0.1) is 12.8 Å². The molecular weight excluding hydrogens is 590 g/mol. The summed E-state index contributed by atoms with van der Waals surface area (Å²) in [6.45, 7) is 11.5. The van der Waals surface area contributed by atoms with Gasteiger partial charge in [-0.05, 0) is 37.4 Å². The Kier molecular flexibility index (Phi) is 11.7. The highest BCUT2D eigenvalue weighted by molar-refractivity contribution is 5.90. The Morgan fingerprint density at radius 3 is 2.07 bits per heavy atom. The first-order valence-corrected chi connectivity index (χ1v) is 13.1.